The summed E-state index contributed by atoms with van der Waals surface area (Å²) in [5.41, 5.74) is 5.52. The van der Waals surface area contributed by atoms with Crippen LogP contribution in [0.4, 0.5) is 10.1 Å². The van der Waals surface area contributed by atoms with E-state index >= 15 is 0 Å². The first kappa shape index (κ1) is 20.1. The van der Waals surface area contributed by atoms with Gasteiger partial charge in [0.1, 0.15) is 23.9 Å². The summed E-state index contributed by atoms with van der Waals surface area (Å²) in [4.78, 5) is 13.1. The number of halogens is 2. The molecular formula is C22H17ClFN3O2S. The SMILES string of the molecule is O=C1NCC(OCC(=NNc2ccc(F)cc2)c2ccc(Cl)cc2)=C1c1cccs1. The molecule has 30 heavy (non-hydrogen) atoms. The molecule has 0 radical (unpaired) electrons. The Morgan fingerprint density at radius 2 is 1.93 bits per heavy atom. The molecule has 2 heterocycles. The average molecular weight is 442 g/mol. The summed E-state index contributed by atoms with van der Waals surface area (Å²) >= 11 is 7.48. The molecule has 0 aliphatic carbocycles. The third-order valence-corrected chi connectivity index (χ3v) is 5.55. The standard InChI is InChI=1S/C22H17ClFN3O2S/c23-15-5-3-14(4-6-15)18(27-26-17-9-7-16(24)8-10-17)13-29-19-12-25-22(28)21(19)20-2-1-11-30-20/h1-11,26H,12-13H2,(H,25,28). The quantitative estimate of drug-likeness (QED) is 0.404. The highest BCUT2D eigenvalue weighted by Crippen LogP contribution is 2.27. The molecule has 4 rings (SSSR count). The number of amides is 1. The summed E-state index contributed by atoms with van der Waals surface area (Å²) in [6.45, 7) is 0.459. The summed E-state index contributed by atoms with van der Waals surface area (Å²) in [6.07, 6.45) is 0. The number of nitrogens with one attached hydrogen (secondary N) is 2. The van der Waals surface area contributed by atoms with E-state index in [1.807, 2.05) is 29.6 Å². The van der Waals surface area contributed by atoms with Crippen molar-refractivity contribution in [2.75, 3.05) is 18.6 Å². The van der Waals surface area contributed by atoms with Gasteiger partial charge in [-0.3, -0.25) is 10.2 Å². The van der Waals surface area contributed by atoms with Crippen LogP contribution in [-0.2, 0) is 9.53 Å². The van der Waals surface area contributed by atoms with Crippen molar-refractivity contribution in [3.8, 4) is 0 Å². The normalized spacial score (nSPS) is 14.1. The topological polar surface area (TPSA) is 62.7 Å². The van der Waals surface area contributed by atoms with Crippen LogP contribution in [0.2, 0.25) is 5.02 Å². The van der Waals surface area contributed by atoms with E-state index < -0.39 is 0 Å². The van der Waals surface area contributed by atoms with E-state index in [1.165, 1.54) is 23.5 Å². The Bertz CT molecular complexity index is 1090. The van der Waals surface area contributed by atoms with Crippen LogP contribution in [0, 0.1) is 5.82 Å². The van der Waals surface area contributed by atoms with Crippen molar-refractivity contribution >= 4 is 45.8 Å². The molecule has 0 spiro atoms. The van der Waals surface area contributed by atoms with Crippen LogP contribution in [0.25, 0.3) is 5.57 Å². The van der Waals surface area contributed by atoms with Gasteiger partial charge in [-0.05, 0) is 47.8 Å². The largest absolute Gasteiger partial charge is 0.489 e. The van der Waals surface area contributed by atoms with Crippen LogP contribution in [0.5, 0.6) is 0 Å². The average Bonchev–Trinajstić information content (AvgIpc) is 3.40. The van der Waals surface area contributed by atoms with Crippen LogP contribution >= 0.6 is 22.9 Å². The fourth-order valence-electron chi connectivity index (χ4n) is 2.89. The van der Waals surface area contributed by atoms with Crippen LogP contribution in [0.1, 0.15) is 10.4 Å². The van der Waals surface area contributed by atoms with E-state index in [0.29, 0.717) is 34.3 Å². The highest BCUT2D eigenvalue weighted by atomic mass is 35.5. The maximum absolute atomic E-state index is 13.1. The van der Waals surface area contributed by atoms with Crippen LogP contribution < -0.4 is 10.7 Å². The van der Waals surface area contributed by atoms with Crippen LogP contribution in [-0.4, -0.2) is 24.8 Å². The minimum Gasteiger partial charge on any atom is -0.489 e. The first-order valence-corrected chi connectivity index (χ1v) is 10.4. The Hall–Kier alpha value is -3.16. The summed E-state index contributed by atoms with van der Waals surface area (Å²) < 4.78 is 19.1. The molecule has 2 aromatic carbocycles. The molecule has 3 aromatic rings. The number of thiophene rings is 1. The molecule has 8 heteroatoms. The maximum Gasteiger partial charge on any atom is 0.256 e. The summed E-state index contributed by atoms with van der Waals surface area (Å²) in [7, 11) is 0. The smallest absolute Gasteiger partial charge is 0.256 e. The van der Waals surface area contributed by atoms with Gasteiger partial charge in [0.05, 0.1) is 17.8 Å². The monoisotopic (exact) mass is 441 g/mol. The van der Waals surface area contributed by atoms with Gasteiger partial charge >= 0.3 is 0 Å². The summed E-state index contributed by atoms with van der Waals surface area (Å²) in [5, 5.41) is 9.77. The lowest BCUT2D eigenvalue weighted by Gasteiger charge is -2.12. The molecular weight excluding hydrogens is 425 g/mol. The van der Waals surface area contributed by atoms with Gasteiger partial charge in [-0.25, -0.2) is 4.39 Å². The summed E-state index contributed by atoms with van der Waals surface area (Å²) in [5.74, 6) is 0.102. The number of ether oxygens (including phenoxy) is 1. The number of hydrogen-bond acceptors (Lipinski definition) is 5. The number of nitrogens with zero attached hydrogens (tertiary/aromatic N) is 1. The lowest BCUT2D eigenvalue weighted by molar-refractivity contribution is -0.114. The highest BCUT2D eigenvalue weighted by molar-refractivity contribution is 7.11. The summed E-state index contributed by atoms with van der Waals surface area (Å²) in [6, 6.07) is 16.9. The van der Waals surface area contributed by atoms with Crippen LogP contribution in [0.3, 0.4) is 0 Å². The molecule has 0 bridgehead atoms. The van der Waals surface area contributed by atoms with Gasteiger partial charge in [0, 0.05) is 15.5 Å². The number of hydrazone groups is 1. The Kier molecular flexibility index (Phi) is 6.11. The van der Waals surface area contributed by atoms with Gasteiger partial charge in [0.2, 0.25) is 0 Å². The van der Waals surface area contributed by atoms with Gasteiger partial charge in [-0.1, -0.05) is 29.8 Å². The molecule has 5 nitrogen and oxygen atoms in total. The van der Waals surface area contributed by atoms with E-state index in [9.17, 15) is 9.18 Å². The number of hydrogen-bond donors (Lipinski definition) is 2. The van der Waals surface area contributed by atoms with Crippen molar-refractivity contribution in [1.82, 2.24) is 5.32 Å². The van der Waals surface area contributed by atoms with Gasteiger partial charge in [-0.2, -0.15) is 5.10 Å². The molecule has 1 aliphatic rings. The molecule has 152 valence electrons. The van der Waals surface area contributed by atoms with Gasteiger partial charge in [0.25, 0.3) is 5.91 Å². The maximum atomic E-state index is 13.1. The van der Waals surface area contributed by atoms with Crippen molar-refractivity contribution < 1.29 is 13.9 Å². The van der Waals surface area contributed by atoms with E-state index in [1.54, 1.807) is 24.3 Å². The number of benzene rings is 2. The van der Waals surface area contributed by atoms with Gasteiger partial charge in [-0.15, -0.1) is 11.3 Å². The van der Waals surface area contributed by atoms with E-state index in [2.05, 4.69) is 15.8 Å². The van der Waals surface area contributed by atoms with Crippen molar-refractivity contribution in [2.45, 2.75) is 0 Å². The van der Waals surface area contributed by atoms with Crippen molar-refractivity contribution in [1.29, 1.82) is 0 Å². The zero-order valence-electron chi connectivity index (χ0n) is 15.7. The van der Waals surface area contributed by atoms with Crippen molar-refractivity contribution in [2.24, 2.45) is 5.10 Å². The second kappa shape index (κ2) is 9.11. The Balaban J connectivity index is 1.58. The molecule has 1 aliphatic heterocycles. The molecule has 0 saturated heterocycles. The molecule has 0 unspecified atom stereocenters. The highest BCUT2D eigenvalue weighted by Gasteiger charge is 2.26. The second-order valence-corrected chi connectivity index (χ2v) is 7.82. The fourth-order valence-corrected chi connectivity index (χ4v) is 3.80. The predicted octanol–water partition coefficient (Wildman–Crippen LogP) is 4.91. The molecule has 0 fully saturated rings. The number of carbonyl (C=O) groups excluding carboxylic acids is 1. The second-order valence-electron chi connectivity index (χ2n) is 6.43. The number of rotatable bonds is 7. The van der Waals surface area contributed by atoms with Crippen LogP contribution in [0.15, 0.2) is 76.9 Å². The zero-order chi connectivity index (χ0) is 20.9. The van der Waals surface area contributed by atoms with Gasteiger partial charge in [0.15, 0.2) is 0 Å². The number of anilines is 1. The Morgan fingerprint density at radius 1 is 1.17 bits per heavy atom. The van der Waals surface area contributed by atoms with E-state index in [4.69, 9.17) is 16.3 Å². The lowest BCUT2D eigenvalue weighted by Crippen LogP contribution is -2.18. The molecule has 0 atom stereocenters. The minimum atomic E-state index is -0.322. The molecule has 2 N–H and O–H groups in total. The number of carbonyl (C=O) groups is 1. The van der Waals surface area contributed by atoms with E-state index in [0.717, 1.165) is 10.4 Å². The van der Waals surface area contributed by atoms with Crippen molar-refractivity contribution in [3.63, 3.8) is 0 Å². The third kappa shape index (κ3) is 4.69. The minimum absolute atomic E-state index is 0.134. The van der Waals surface area contributed by atoms with E-state index in [-0.39, 0.29) is 18.3 Å². The fraction of sp³-hybridized carbons (Fsp3) is 0.0909. The first-order chi connectivity index (χ1) is 14.6. The first-order valence-electron chi connectivity index (χ1n) is 9.12. The Labute approximate surface area is 181 Å². The third-order valence-electron chi connectivity index (χ3n) is 4.41. The molecule has 1 amide bonds. The predicted molar refractivity (Wildman–Crippen MR) is 118 cm³/mol. The Morgan fingerprint density at radius 3 is 2.63 bits per heavy atom. The lowest BCUT2D eigenvalue weighted by atomic mass is 10.1. The zero-order valence-corrected chi connectivity index (χ0v) is 17.3. The molecule has 1 aromatic heterocycles. The van der Waals surface area contributed by atoms with Crippen molar-refractivity contribution in [3.05, 3.63) is 93.1 Å². The van der Waals surface area contributed by atoms with Gasteiger partial charge < -0.3 is 10.1 Å². The molecule has 0 saturated carbocycles.